The Morgan fingerprint density at radius 1 is 0.562 bits per heavy atom. The van der Waals surface area contributed by atoms with Crippen molar-refractivity contribution in [2.45, 2.75) is 113 Å². The molecule has 0 saturated heterocycles. The average Bonchev–Trinajstić information content (AvgIpc) is 3.37. The van der Waals surface area contributed by atoms with Crippen LogP contribution >= 0.6 is 7.92 Å². The molecule has 0 aromatic rings. The van der Waals surface area contributed by atoms with E-state index in [1.807, 2.05) is 0 Å². The number of carboxylic acids is 2. The Morgan fingerprint density at radius 2 is 0.750 bits per heavy atom. The van der Waals surface area contributed by atoms with Crippen molar-refractivity contribution in [2.24, 2.45) is 0 Å². The van der Waals surface area contributed by atoms with Gasteiger partial charge in [0.2, 0.25) is 0 Å². The van der Waals surface area contributed by atoms with Crippen LogP contribution in [0.5, 0.6) is 0 Å². The zero-order valence-corrected chi connectivity index (χ0v) is 20.0. The summed E-state index contributed by atoms with van der Waals surface area (Å²) in [7, 11) is 0.419. The van der Waals surface area contributed by atoms with E-state index in [-0.39, 0.29) is 20.4 Å². The maximum atomic E-state index is 10.5. The topological polar surface area (TPSA) is 80.3 Å². The molecule has 0 spiro atoms. The third-order valence-corrected chi connectivity index (χ3v) is 10.0. The molecule has 0 amide bonds. The minimum absolute atomic E-state index is 0. The second kappa shape index (κ2) is 14.8. The average molecular weight is 585 g/mol. The summed E-state index contributed by atoms with van der Waals surface area (Å²) in [6, 6.07) is 0. The van der Waals surface area contributed by atoms with Gasteiger partial charge in [-0.15, -0.1) is 0 Å². The molecular formula is C20H29F6O4PPd. The van der Waals surface area contributed by atoms with Crippen LogP contribution in [0.25, 0.3) is 0 Å². The number of carbonyl (C=O) groups is 2. The Hall–Kier alpha value is -0.388. The Kier molecular flexibility index (Phi) is 14.6. The predicted octanol–water partition coefficient (Wildman–Crippen LogP) is 4.28. The number of rotatable bonds is 3. The van der Waals surface area contributed by atoms with Gasteiger partial charge in [0.1, 0.15) is 11.9 Å². The molecule has 3 aliphatic carbocycles. The van der Waals surface area contributed by atoms with E-state index < -0.39 is 24.3 Å². The fourth-order valence-electron chi connectivity index (χ4n) is 4.68. The number of alkyl halides is 6. The quantitative estimate of drug-likeness (QED) is 0.282. The zero-order chi connectivity index (χ0) is 23.7. The van der Waals surface area contributed by atoms with Gasteiger partial charge in [0.15, 0.2) is 0 Å². The fourth-order valence-corrected chi connectivity index (χ4v) is 9.35. The van der Waals surface area contributed by atoms with Crippen LogP contribution in [0.4, 0.5) is 26.3 Å². The van der Waals surface area contributed by atoms with E-state index in [2.05, 4.69) is 0 Å². The first-order valence-electron chi connectivity index (χ1n) is 10.7. The number of carboxylic acid groups (broad SMARTS) is 2. The molecule has 12 heteroatoms. The third kappa shape index (κ3) is 11.7. The van der Waals surface area contributed by atoms with Gasteiger partial charge in [0.25, 0.3) is 0 Å². The van der Waals surface area contributed by atoms with Crippen molar-refractivity contribution < 1.29 is 66.6 Å². The van der Waals surface area contributed by atoms with Gasteiger partial charge in [-0.25, -0.2) is 0 Å². The molecule has 0 aliphatic heterocycles. The SMILES string of the molecule is C1CCC(P(C2CCCC2)C2CCCC2)CC1.O=C([O-])C(F)(F)F.O=C([O-])C(F)(F)F.[Pd+2]. The van der Waals surface area contributed by atoms with Crippen molar-refractivity contribution in [3.8, 4) is 0 Å². The molecule has 0 N–H and O–H groups in total. The number of aliphatic carboxylic acids is 2. The molecule has 32 heavy (non-hydrogen) atoms. The van der Waals surface area contributed by atoms with Crippen molar-refractivity contribution in [2.75, 3.05) is 0 Å². The van der Waals surface area contributed by atoms with E-state index in [4.69, 9.17) is 19.8 Å². The van der Waals surface area contributed by atoms with Gasteiger partial charge in [-0.1, -0.05) is 52.9 Å². The minimum atomic E-state index is -5.19. The van der Waals surface area contributed by atoms with Gasteiger partial charge in [-0.2, -0.15) is 26.3 Å². The van der Waals surface area contributed by atoms with E-state index in [0.29, 0.717) is 7.92 Å². The Labute approximate surface area is 199 Å². The summed E-state index contributed by atoms with van der Waals surface area (Å²) in [6.45, 7) is 0. The number of hydrogen-bond donors (Lipinski definition) is 0. The normalized spacial score (nSPS) is 20.6. The van der Waals surface area contributed by atoms with E-state index >= 15 is 0 Å². The van der Waals surface area contributed by atoms with Gasteiger partial charge >= 0.3 is 32.8 Å². The molecule has 0 radical (unpaired) electrons. The molecule has 0 aromatic heterocycles. The summed E-state index contributed by atoms with van der Waals surface area (Å²) in [5.74, 6) is -6.01. The molecule has 0 atom stereocenters. The smallest absolute Gasteiger partial charge is 0.542 e. The van der Waals surface area contributed by atoms with Crippen LogP contribution in [-0.4, -0.2) is 41.3 Å². The molecule has 3 fully saturated rings. The van der Waals surface area contributed by atoms with Crippen LogP contribution in [0.15, 0.2) is 0 Å². The second-order valence-electron chi connectivity index (χ2n) is 8.19. The van der Waals surface area contributed by atoms with Crippen molar-refractivity contribution >= 4 is 19.9 Å². The largest absolute Gasteiger partial charge is 2.00 e. The molecule has 3 saturated carbocycles. The van der Waals surface area contributed by atoms with Crippen molar-refractivity contribution in [1.29, 1.82) is 0 Å². The van der Waals surface area contributed by atoms with Gasteiger partial charge < -0.3 is 19.8 Å². The van der Waals surface area contributed by atoms with Crippen molar-refractivity contribution in [1.82, 2.24) is 0 Å². The Bertz CT molecular complexity index is 515. The monoisotopic (exact) mass is 584 g/mol. The van der Waals surface area contributed by atoms with Gasteiger partial charge in [-0.3, -0.25) is 0 Å². The standard InChI is InChI=1S/C16H29P.2C2HF3O2.Pd/c1-2-8-14(9-3-1)17(15-10-4-5-11-15)16-12-6-7-13-16;2*3-2(4,5)1(6)7;/h14-16H,1-13H2;2*(H,6,7);/q;;;+2/p-2. The van der Waals surface area contributed by atoms with Gasteiger partial charge in [0.05, 0.1) is 0 Å². The summed E-state index contributed by atoms with van der Waals surface area (Å²) in [4.78, 5) is 17.6. The first kappa shape index (κ1) is 31.6. The molecule has 0 unspecified atom stereocenters. The fraction of sp³-hybridized carbons (Fsp3) is 0.900. The number of hydrogen-bond acceptors (Lipinski definition) is 4. The van der Waals surface area contributed by atoms with Crippen LogP contribution in [0, 0.1) is 0 Å². The van der Waals surface area contributed by atoms with E-state index in [0.717, 1.165) is 0 Å². The van der Waals surface area contributed by atoms with E-state index in [1.54, 1.807) is 77.0 Å². The Balaban J connectivity index is 0.000000541. The van der Waals surface area contributed by atoms with Crippen LogP contribution in [0.3, 0.4) is 0 Å². The van der Waals surface area contributed by atoms with Gasteiger partial charge in [-0.05, 0) is 55.5 Å². The molecule has 3 rings (SSSR count). The molecular weight excluding hydrogens is 556 g/mol. The van der Waals surface area contributed by atoms with Crippen LogP contribution in [0.2, 0.25) is 0 Å². The molecule has 3 aliphatic rings. The summed E-state index contributed by atoms with van der Waals surface area (Å²) in [5, 5.41) is 17.6. The van der Waals surface area contributed by atoms with Crippen LogP contribution in [-0.2, 0) is 30.0 Å². The molecule has 0 heterocycles. The summed E-state index contributed by atoms with van der Waals surface area (Å²) in [6.07, 6.45) is 10.2. The van der Waals surface area contributed by atoms with E-state index in [9.17, 15) is 26.3 Å². The van der Waals surface area contributed by atoms with Crippen LogP contribution in [0.1, 0.15) is 83.5 Å². The van der Waals surface area contributed by atoms with E-state index in [1.165, 1.54) is 23.4 Å². The third-order valence-electron chi connectivity index (χ3n) is 5.95. The molecule has 4 nitrogen and oxygen atoms in total. The maximum absolute atomic E-state index is 10.5. The van der Waals surface area contributed by atoms with Gasteiger partial charge in [0, 0.05) is 0 Å². The number of halogens is 6. The van der Waals surface area contributed by atoms with Crippen molar-refractivity contribution in [3.05, 3.63) is 0 Å². The minimum Gasteiger partial charge on any atom is -0.542 e. The molecule has 0 bridgehead atoms. The summed E-state index contributed by atoms with van der Waals surface area (Å²) in [5.41, 5.74) is 3.61. The predicted molar refractivity (Wildman–Crippen MR) is 100 cm³/mol. The summed E-state index contributed by atoms with van der Waals surface area (Å²) >= 11 is 0. The van der Waals surface area contributed by atoms with Crippen molar-refractivity contribution in [3.63, 3.8) is 0 Å². The van der Waals surface area contributed by atoms with Crippen LogP contribution < -0.4 is 10.2 Å². The summed E-state index contributed by atoms with van der Waals surface area (Å²) < 4.78 is 63.1. The Morgan fingerprint density at radius 3 is 0.938 bits per heavy atom. The first-order valence-corrected chi connectivity index (χ1v) is 12.2. The zero-order valence-electron chi connectivity index (χ0n) is 17.6. The molecule has 190 valence electrons. The second-order valence-corrected chi connectivity index (χ2v) is 11.3. The molecule has 0 aromatic carbocycles. The maximum Gasteiger partial charge on any atom is 2.00 e. The first-order chi connectivity index (χ1) is 14.3. The number of carbonyl (C=O) groups excluding carboxylic acids is 2.